The minimum atomic E-state index is -0.351. The molecule has 0 radical (unpaired) electrons. The Morgan fingerprint density at radius 2 is 1.74 bits per heavy atom. The van der Waals surface area contributed by atoms with E-state index in [-0.39, 0.29) is 17.4 Å². The zero-order valence-electron chi connectivity index (χ0n) is 16.6. The van der Waals surface area contributed by atoms with Crippen LogP contribution in [0.3, 0.4) is 0 Å². The molecule has 0 aromatic heterocycles. The highest BCUT2D eigenvalue weighted by Crippen LogP contribution is 2.31. The summed E-state index contributed by atoms with van der Waals surface area (Å²) in [5.74, 6) is 1.08. The molecule has 6 nitrogen and oxygen atoms in total. The normalized spacial score (nSPS) is 25.7. The van der Waals surface area contributed by atoms with Gasteiger partial charge in [-0.25, -0.2) is 0 Å². The fourth-order valence-electron chi connectivity index (χ4n) is 4.41. The maximum Gasteiger partial charge on any atom is 0.277 e. The van der Waals surface area contributed by atoms with Crippen LogP contribution in [0.1, 0.15) is 44.6 Å². The van der Waals surface area contributed by atoms with Crippen LogP contribution in [0, 0.1) is 0 Å². The van der Waals surface area contributed by atoms with Crippen LogP contribution >= 0.6 is 0 Å². The Kier molecular flexibility index (Phi) is 6.37. The van der Waals surface area contributed by atoms with Gasteiger partial charge in [0.25, 0.3) is 5.91 Å². The van der Waals surface area contributed by atoms with E-state index in [0.717, 1.165) is 63.2 Å². The summed E-state index contributed by atoms with van der Waals surface area (Å²) >= 11 is 0. The van der Waals surface area contributed by atoms with Gasteiger partial charge < -0.3 is 19.9 Å². The summed E-state index contributed by atoms with van der Waals surface area (Å²) in [6, 6.07) is 7.97. The lowest BCUT2D eigenvalue weighted by molar-refractivity contribution is -0.899. The number of piperidine rings is 2. The topological polar surface area (TPSA) is 63.1 Å². The van der Waals surface area contributed by atoms with E-state index in [0.29, 0.717) is 6.54 Å². The van der Waals surface area contributed by atoms with E-state index in [2.05, 4.69) is 5.32 Å². The van der Waals surface area contributed by atoms with Gasteiger partial charge >= 0.3 is 0 Å². The van der Waals surface area contributed by atoms with E-state index in [1.54, 1.807) is 14.0 Å². The van der Waals surface area contributed by atoms with Crippen molar-refractivity contribution >= 4 is 11.8 Å². The number of hydrogen-bond donors (Lipinski definition) is 2. The molecule has 0 atom stereocenters. The van der Waals surface area contributed by atoms with E-state index in [1.807, 2.05) is 29.2 Å². The number of likely N-dealkylation sites (tertiary alicyclic amines) is 2. The van der Waals surface area contributed by atoms with Gasteiger partial charge in [0.1, 0.15) is 5.75 Å². The van der Waals surface area contributed by atoms with Crippen LogP contribution in [-0.4, -0.2) is 56.5 Å². The van der Waals surface area contributed by atoms with Gasteiger partial charge in [-0.15, -0.1) is 0 Å². The molecule has 0 bridgehead atoms. The standard InChI is InChI=1S/C21H31N3O3/c1-17(25)22-21(18-6-8-19(27-2)9-7-18)10-14-23(15-11-21)16-20(26)24-12-4-3-5-13-24/h6-9H,3-5,10-16H2,1-2H3,(H,22,25)/p+1. The molecule has 3 rings (SSSR count). The zero-order valence-corrected chi connectivity index (χ0v) is 16.6. The van der Waals surface area contributed by atoms with Crippen LogP contribution in [0.2, 0.25) is 0 Å². The van der Waals surface area contributed by atoms with Gasteiger partial charge in [0.2, 0.25) is 5.91 Å². The first kappa shape index (κ1) is 19.7. The fourth-order valence-corrected chi connectivity index (χ4v) is 4.41. The van der Waals surface area contributed by atoms with Gasteiger partial charge in [0, 0.05) is 32.9 Å². The van der Waals surface area contributed by atoms with Crippen LogP contribution in [0.15, 0.2) is 24.3 Å². The first-order valence-corrected chi connectivity index (χ1v) is 10.1. The van der Waals surface area contributed by atoms with Crippen molar-refractivity contribution in [1.82, 2.24) is 10.2 Å². The van der Waals surface area contributed by atoms with Gasteiger partial charge in [-0.05, 0) is 37.0 Å². The van der Waals surface area contributed by atoms with Crippen LogP contribution < -0.4 is 15.0 Å². The van der Waals surface area contributed by atoms with Crippen molar-refractivity contribution in [3.63, 3.8) is 0 Å². The molecule has 2 aliphatic heterocycles. The highest BCUT2D eigenvalue weighted by Gasteiger charge is 2.39. The summed E-state index contributed by atoms with van der Waals surface area (Å²) in [4.78, 5) is 27.8. The SMILES string of the molecule is COc1ccc(C2(NC(C)=O)CC[NH+](CC(=O)N3CCCCC3)CC2)cc1. The third-order valence-electron chi connectivity index (χ3n) is 5.98. The van der Waals surface area contributed by atoms with Gasteiger partial charge in [-0.1, -0.05) is 12.1 Å². The first-order valence-electron chi connectivity index (χ1n) is 10.1. The van der Waals surface area contributed by atoms with Crippen molar-refractivity contribution in [2.75, 3.05) is 39.8 Å². The third kappa shape index (κ3) is 4.80. The Labute approximate surface area is 161 Å². The lowest BCUT2D eigenvalue weighted by Gasteiger charge is -2.41. The second kappa shape index (κ2) is 8.74. The number of ether oxygens (including phenoxy) is 1. The molecule has 2 N–H and O–H groups in total. The summed E-state index contributed by atoms with van der Waals surface area (Å²) in [7, 11) is 1.65. The fraction of sp³-hybridized carbons (Fsp3) is 0.619. The number of benzene rings is 1. The molecular formula is C21H32N3O3+. The number of rotatable bonds is 5. The molecule has 1 aromatic carbocycles. The number of nitrogens with zero attached hydrogens (tertiary/aromatic N) is 1. The monoisotopic (exact) mass is 374 g/mol. The van der Waals surface area contributed by atoms with Crippen molar-refractivity contribution < 1.29 is 19.2 Å². The maximum atomic E-state index is 12.6. The molecule has 1 aromatic rings. The van der Waals surface area contributed by atoms with Gasteiger partial charge in [-0.2, -0.15) is 0 Å². The van der Waals surface area contributed by atoms with E-state index in [1.165, 1.54) is 11.3 Å². The van der Waals surface area contributed by atoms with Crippen LogP contribution in [0.4, 0.5) is 0 Å². The molecule has 2 amide bonds. The van der Waals surface area contributed by atoms with Gasteiger partial charge in [0.05, 0.1) is 25.7 Å². The Hall–Kier alpha value is -2.08. The molecule has 0 spiro atoms. The smallest absolute Gasteiger partial charge is 0.277 e. The molecule has 27 heavy (non-hydrogen) atoms. The minimum Gasteiger partial charge on any atom is -0.497 e. The highest BCUT2D eigenvalue weighted by atomic mass is 16.5. The number of nitrogens with one attached hydrogen (secondary N) is 2. The molecule has 2 aliphatic rings. The summed E-state index contributed by atoms with van der Waals surface area (Å²) in [6.45, 7) is 5.72. The Morgan fingerprint density at radius 3 is 2.30 bits per heavy atom. The summed E-state index contributed by atoms with van der Waals surface area (Å²) < 4.78 is 5.26. The van der Waals surface area contributed by atoms with Crippen molar-refractivity contribution in [3.05, 3.63) is 29.8 Å². The molecular weight excluding hydrogens is 342 g/mol. The van der Waals surface area contributed by atoms with E-state index in [4.69, 9.17) is 4.74 Å². The van der Waals surface area contributed by atoms with E-state index in [9.17, 15) is 9.59 Å². The predicted molar refractivity (Wildman–Crippen MR) is 104 cm³/mol. The van der Waals surface area contributed by atoms with E-state index < -0.39 is 0 Å². The molecule has 0 saturated carbocycles. The zero-order chi connectivity index (χ0) is 19.3. The maximum absolute atomic E-state index is 12.6. The number of carbonyl (C=O) groups is 2. The number of methoxy groups -OCH3 is 1. The van der Waals surface area contributed by atoms with Crippen molar-refractivity contribution in [3.8, 4) is 5.75 Å². The first-order chi connectivity index (χ1) is 13.0. The second-order valence-corrected chi connectivity index (χ2v) is 7.86. The second-order valence-electron chi connectivity index (χ2n) is 7.86. The molecule has 0 aliphatic carbocycles. The molecule has 2 heterocycles. The summed E-state index contributed by atoms with van der Waals surface area (Å²) in [5.41, 5.74) is 0.760. The quantitative estimate of drug-likeness (QED) is 0.798. The molecule has 148 valence electrons. The minimum absolute atomic E-state index is 0.0151. The predicted octanol–water partition coefficient (Wildman–Crippen LogP) is 0.718. The molecule has 2 saturated heterocycles. The van der Waals surface area contributed by atoms with Crippen molar-refractivity contribution in [2.45, 2.75) is 44.6 Å². The van der Waals surface area contributed by atoms with Crippen LogP contribution in [0.25, 0.3) is 0 Å². The largest absolute Gasteiger partial charge is 0.497 e. The average Bonchev–Trinajstić information content (AvgIpc) is 2.70. The van der Waals surface area contributed by atoms with E-state index >= 15 is 0 Å². The highest BCUT2D eigenvalue weighted by molar-refractivity contribution is 5.77. The number of quaternary nitrogens is 1. The molecule has 6 heteroatoms. The summed E-state index contributed by atoms with van der Waals surface area (Å²) in [5, 5.41) is 3.20. The molecule has 0 unspecified atom stereocenters. The van der Waals surface area contributed by atoms with Crippen LogP contribution in [-0.2, 0) is 15.1 Å². The number of hydrogen-bond acceptors (Lipinski definition) is 3. The lowest BCUT2D eigenvalue weighted by atomic mass is 9.80. The van der Waals surface area contributed by atoms with Gasteiger partial charge in [0.15, 0.2) is 6.54 Å². The van der Waals surface area contributed by atoms with Crippen molar-refractivity contribution in [1.29, 1.82) is 0 Å². The molecule has 2 fully saturated rings. The number of amides is 2. The Balaban J connectivity index is 1.64. The Bertz CT molecular complexity index is 645. The third-order valence-corrected chi connectivity index (χ3v) is 5.98. The van der Waals surface area contributed by atoms with Crippen molar-refractivity contribution in [2.24, 2.45) is 0 Å². The number of carbonyl (C=O) groups excluding carboxylic acids is 2. The Morgan fingerprint density at radius 1 is 1.11 bits per heavy atom. The average molecular weight is 375 g/mol. The van der Waals surface area contributed by atoms with Gasteiger partial charge in [-0.3, -0.25) is 9.59 Å². The lowest BCUT2D eigenvalue weighted by Crippen LogP contribution is -3.14. The van der Waals surface area contributed by atoms with Crippen LogP contribution in [0.5, 0.6) is 5.75 Å². The summed E-state index contributed by atoms with van der Waals surface area (Å²) in [6.07, 6.45) is 5.17.